The molecule has 7 heteroatoms. The van der Waals surface area contributed by atoms with E-state index >= 15 is 0 Å². The van der Waals surface area contributed by atoms with Crippen LogP contribution in [0.1, 0.15) is 45.7 Å². The molecular formula is C24H28N4O3. The van der Waals surface area contributed by atoms with Gasteiger partial charge in [0, 0.05) is 30.6 Å². The van der Waals surface area contributed by atoms with Crippen molar-refractivity contribution < 1.29 is 13.7 Å². The Morgan fingerprint density at radius 3 is 2.71 bits per heavy atom. The van der Waals surface area contributed by atoms with Crippen molar-refractivity contribution >= 4 is 5.91 Å². The van der Waals surface area contributed by atoms with E-state index in [0.717, 1.165) is 36.4 Å². The van der Waals surface area contributed by atoms with Gasteiger partial charge in [-0.15, -0.1) is 0 Å². The molecule has 162 valence electrons. The summed E-state index contributed by atoms with van der Waals surface area (Å²) in [5, 5.41) is 4.27. The molecule has 2 aliphatic rings. The molecule has 0 N–H and O–H groups in total. The summed E-state index contributed by atoms with van der Waals surface area (Å²) in [5.74, 6) is 2.69. The van der Waals surface area contributed by atoms with Crippen molar-refractivity contribution in [1.82, 2.24) is 19.9 Å². The quantitative estimate of drug-likeness (QED) is 0.641. The SMILES string of the molecule is Cc1cccc(-c2noc([C@@H]3CN(C(=O)c4cc(C)oc4C)C[C@@]34CCN(C)C4)n2)c1. The first kappa shape index (κ1) is 20.0. The van der Waals surface area contributed by atoms with Gasteiger partial charge in [0.1, 0.15) is 11.5 Å². The number of aromatic nitrogens is 2. The molecule has 4 heterocycles. The lowest BCUT2D eigenvalue weighted by atomic mass is 9.77. The second-order valence-electron chi connectivity index (χ2n) is 9.24. The molecule has 1 amide bonds. The minimum Gasteiger partial charge on any atom is -0.466 e. The molecule has 1 aromatic carbocycles. The normalized spacial score (nSPS) is 23.9. The summed E-state index contributed by atoms with van der Waals surface area (Å²) in [6, 6.07) is 9.94. The van der Waals surface area contributed by atoms with Gasteiger partial charge >= 0.3 is 0 Å². The van der Waals surface area contributed by atoms with Crippen LogP contribution in [0.2, 0.25) is 0 Å². The van der Waals surface area contributed by atoms with Crippen LogP contribution in [-0.2, 0) is 0 Å². The predicted molar refractivity (Wildman–Crippen MR) is 116 cm³/mol. The maximum atomic E-state index is 13.3. The average molecular weight is 421 g/mol. The van der Waals surface area contributed by atoms with E-state index in [1.165, 1.54) is 0 Å². The third-order valence-corrected chi connectivity index (χ3v) is 6.80. The summed E-state index contributed by atoms with van der Waals surface area (Å²) in [4.78, 5) is 22.4. The van der Waals surface area contributed by atoms with Crippen LogP contribution >= 0.6 is 0 Å². The molecule has 2 aromatic heterocycles. The van der Waals surface area contributed by atoms with Gasteiger partial charge in [0.05, 0.1) is 11.5 Å². The number of likely N-dealkylation sites (tertiary alicyclic amines) is 2. The molecule has 2 atom stereocenters. The Bertz CT molecular complexity index is 1130. The Morgan fingerprint density at radius 2 is 2.03 bits per heavy atom. The zero-order valence-corrected chi connectivity index (χ0v) is 18.5. The fourth-order valence-electron chi connectivity index (χ4n) is 5.28. The molecule has 0 bridgehead atoms. The number of amides is 1. The van der Waals surface area contributed by atoms with Crippen LogP contribution in [0.4, 0.5) is 0 Å². The van der Waals surface area contributed by atoms with Crippen molar-refractivity contribution in [3.8, 4) is 11.4 Å². The second-order valence-corrected chi connectivity index (χ2v) is 9.24. The Kier molecular flexibility index (Phi) is 4.73. The van der Waals surface area contributed by atoms with Crippen LogP contribution in [0.3, 0.4) is 0 Å². The van der Waals surface area contributed by atoms with Gasteiger partial charge < -0.3 is 18.7 Å². The van der Waals surface area contributed by atoms with Crippen molar-refractivity contribution in [3.63, 3.8) is 0 Å². The van der Waals surface area contributed by atoms with Gasteiger partial charge in [-0.2, -0.15) is 4.98 Å². The van der Waals surface area contributed by atoms with E-state index in [0.29, 0.717) is 36.1 Å². The Balaban J connectivity index is 1.47. The highest BCUT2D eigenvalue weighted by atomic mass is 16.5. The van der Waals surface area contributed by atoms with Crippen LogP contribution in [0, 0.1) is 26.2 Å². The maximum Gasteiger partial charge on any atom is 0.257 e. The Hall–Kier alpha value is -2.93. The van der Waals surface area contributed by atoms with Gasteiger partial charge in [-0.3, -0.25) is 4.79 Å². The van der Waals surface area contributed by atoms with Gasteiger partial charge in [-0.1, -0.05) is 28.9 Å². The molecule has 2 saturated heterocycles. The van der Waals surface area contributed by atoms with E-state index in [9.17, 15) is 4.79 Å². The number of hydrogen-bond donors (Lipinski definition) is 0. The first-order valence-corrected chi connectivity index (χ1v) is 10.8. The van der Waals surface area contributed by atoms with Gasteiger partial charge in [0.25, 0.3) is 5.91 Å². The van der Waals surface area contributed by atoms with Crippen LogP contribution < -0.4 is 0 Å². The number of carbonyl (C=O) groups is 1. The molecule has 0 saturated carbocycles. The monoisotopic (exact) mass is 420 g/mol. The van der Waals surface area contributed by atoms with Crippen molar-refractivity contribution in [2.45, 2.75) is 33.1 Å². The zero-order valence-electron chi connectivity index (χ0n) is 18.5. The molecule has 3 aromatic rings. The van der Waals surface area contributed by atoms with Gasteiger partial charge in [0.15, 0.2) is 0 Å². The van der Waals surface area contributed by atoms with Gasteiger partial charge in [-0.05, 0) is 52.9 Å². The van der Waals surface area contributed by atoms with Gasteiger partial charge in [-0.25, -0.2) is 0 Å². The number of nitrogens with zero attached hydrogens (tertiary/aromatic N) is 4. The predicted octanol–water partition coefficient (Wildman–Crippen LogP) is 3.82. The Morgan fingerprint density at radius 1 is 1.19 bits per heavy atom. The Labute approximate surface area is 182 Å². The lowest BCUT2D eigenvalue weighted by molar-refractivity contribution is 0.0772. The minimum absolute atomic E-state index is 0.0146. The highest BCUT2D eigenvalue weighted by Crippen LogP contribution is 2.49. The van der Waals surface area contributed by atoms with Gasteiger partial charge in [0.2, 0.25) is 11.7 Å². The number of rotatable bonds is 3. The van der Waals surface area contributed by atoms with Crippen molar-refractivity contribution in [2.24, 2.45) is 5.41 Å². The molecule has 7 nitrogen and oxygen atoms in total. The van der Waals surface area contributed by atoms with Crippen LogP contribution in [0.25, 0.3) is 11.4 Å². The molecule has 2 aliphatic heterocycles. The summed E-state index contributed by atoms with van der Waals surface area (Å²) in [6.45, 7) is 8.94. The standard InChI is InChI=1S/C24H28N4O3/c1-15-6-5-7-18(10-15)21-25-22(31-26-21)20-12-28(14-24(20)8-9-27(4)13-24)23(29)19-11-16(2)30-17(19)3/h5-7,10-11,20H,8-9,12-14H2,1-4H3/t20-,24-/m0/s1. The highest BCUT2D eigenvalue weighted by molar-refractivity contribution is 5.95. The maximum absolute atomic E-state index is 13.3. The largest absolute Gasteiger partial charge is 0.466 e. The lowest BCUT2D eigenvalue weighted by Crippen LogP contribution is -2.34. The number of aryl methyl sites for hydroxylation is 3. The second kappa shape index (κ2) is 7.34. The molecule has 0 unspecified atom stereocenters. The number of carbonyl (C=O) groups excluding carboxylic acids is 1. The number of hydrogen-bond acceptors (Lipinski definition) is 6. The van der Waals surface area contributed by atoms with Crippen molar-refractivity contribution in [2.75, 3.05) is 33.2 Å². The fourth-order valence-corrected chi connectivity index (χ4v) is 5.28. The molecule has 1 spiro atoms. The van der Waals surface area contributed by atoms with Crippen LogP contribution in [0.15, 0.2) is 39.3 Å². The van der Waals surface area contributed by atoms with E-state index < -0.39 is 0 Å². The van der Waals surface area contributed by atoms with Crippen LogP contribution in [-0.4, -0.2) is 59.1 Å². The highest BCUT2D eigenvalue weighted by Gasteiger charge is 2.54. The van der Waals surface area contributed by atoms with E-state index in [1.807, 2.05) is 49.9 Å². The molecule has 0 aliphatic carbocycles. The summed E-state index contributed by atoms with van der Waals surface area (Å²) in [5.41, 5.74) is 2.67. The summed E-state index contributed by atoms with van der Waals surface area (Å²) in [7, 11) is 2.13. The molecule has 5 rings (SSSR count). The number of benzene rings is 1. The van der Waals surface area contributed by atoms with Crippen LogP contribution in [0.5, 0.6) is 0 Å². The van der Waals surface area contributed by atoms with Crippen molar-refractivity contribution in [3.05, 3.63) is 58.9 Å². The number of furan rings is 1. The average Bonchev–Trinajstić information content (AvgIpc) is 3.49. The van der Waals surface area contributed by atoms with Crippen molar-refractivity contribution in [1.29, 1.82) is 0 Å². The van der Waals surface area contributed by atoms with E-state index in [1.54, 1.807) is 0 Å². The minimum atomic E-state index is -0.0759. The topological polar surface area (TPSA) is 75.6 Å². The van der Waals surface area contributed by atoms with E-state index in [-0.39, 0.29) is 17.2 Å². The first-order chi connectivity index (χ1) is 14.8. The first-order valence-electron chi connectivity index (χ1n) is 10.8. The molecular weight excluding hydrogens is 392 g/mol. The molecule has 0 radical (unpaired) electrons. The van der Waals surface area contributed by atoms with E-state index in [2.05, 4.69) is 23.2 Å². The summed E-state index contributed by atoms with van der Waals surface area (Å²) >= 11 is 0. The summed E-state index contributed by atoms with van der Waals surface area (Å²) < 4.78 is 11.4. The molecule has 31 heavy (non-hydrogen) atoms. The third-order valence-electron chi connectivity index (χ3n) is 6.80. The molecule has 2 fully saturated rings. The third kappa shape index (κ3) is 3.47. The zero-order chi connectivity index (χ0) is 21.8. The summed E-state index contributed by atoms with van der Waals surface area (Å²) in [6.07, 6.45) is 1.00. The fraction of sp³-hybridized carbons (Fsp3) is 0.458. The smallest absolute Gasteiger partial charge is 0.257 e. The van der Waals surface area contributed by atoms with E-state index in [4.69, 9.17) is 13.9 Å². The lowest BCUT2D eigenvalue weighted by Gasteiger charge is -2.27.